The number of halogens is 2. The first-order valence-corrected chi connectivity index (χ1v) is 9.16. The van der Waals surface area contributed by atoms with Gasteiger partial charge in [0, 0.05) is 54.8 Å². The highest BCUT2D eigenvalue weighted by atomic mass is 19.2. The van der Waals surface area contributed by atoms with Crippen LogP contribution in [0.25, 0.3) is 27.5 Å². The van der Waals surface area contributed by atoms with Crippen molar-refractivity contribution in [3.05, 3.63) is 82.3 Å². The van der Waals surface area contributed by atoms with Crippen LogP contribution in [0.2, 0.25) is 0 Å². The molecule has 1 atom stereocenters. The molecule has 4 aromatic rings. The molecular weight excluding hydrogens is 374 g/mol. The third-order valence-electron chi connectivity index (χ3n) is 5.24. The molecule has 0 saturated carbocycles. The molecule has 0 N–H and O–H groups in total. The molecule has 1 aliphatic rings. The van der Waals surface area contributed by atoms with Crippen LogP contribution >= 0.6 is 0 Å². The SMILES string of the molecule is CN1CC(c2ccc3ncc4ccc(=O)n(-c5ccc(F)c(F)c5)c4c3c2)C=N1. The number of benzene rings is 2. The Balaban J connectivity index is 1.83. The van der Waals surface area contributed by atoms with Crippen molar-refractivity contribution < 1.29 is 8.78 Å². The van der Waals surface area contributed by atoms with Crippen LogP contribution in [0.15, 0.2) is 64.6 Å². The number of hydrazone groups is 1. The van der Waals surface area contributed by atoms with Gasteiger partial charge in [-0.25, -0.2) is 8.78 Å². The average molecular weight is 390 g/mol. The summed E-state index contributed by atoms with van der Waals surface area (Å²) >= 11 is 0. The lowest BCUT2D eigenvalue weighted by Crippen LogP contribution is -2.18. The first-order chi connectivity index (χ1) is 14.0. The lowest BCUT2D eigenvalue weighted by molar-refractivity contribution is 0.381. The number of hydrogen-bond acceptors (Lipinski definition) is 4. The summed E-state index contributed by atoms with van der Waals surface area (Å²) in [5.74, 6) is -1.83. The number of nitrogens with zero attached hydrogens (tertiary/aromatic N) is 4. The van der Waals surface area contributed by atoms with Crippen LogP contribution in [0.1, 0.15) is 11.5 Å². The quantitative estimate of drug-likeness (QED) is 0.489. The summed E-state index contributed by atoms with van der Waals surface area (Å²) in [4.78, 5) is 17.3. The second-order valence-corrected chi connectivity index (χ2v) is 7.16. The molecule has 2 aromatic carbocycles. The molecule has 0 amide bonds. The van der Waals surface area contributed by atoms with Gasteiger partial charge in [0.1, 0.15) is 0 Å². The third-order valence-corrected chi connectivity index (χ3v) is 5.24. The molecule has 5 nitrogen and oxygen atoms in total. The van der Waals surface area contributed by atoms with Gasteiger partial charge >= 0.3 is 0 Å². The number of likely N-dealkylation sites (N-methyl/N-ethyl adjacent to an activating group) is 1. The van der Waals surface area contributed by atoms with Gasteiger partial charge in [0.2, 0.25) is 0 Å². The number of pyridine rings is 2. The second-order valence-electron chi connectivity index (χ2n) is 7.16. The fourth-order valence-electron chi connectivity index (χ4n) is 3.80. The zero-order valence-corrected chi connectivity index (χ0v) is 15.5. The van der Waals surface area contributed by atoms with Gasteiger partial charge in [-0.15, -0.1) is 0 Å². The van der Waals surface area contributed by atoms with E-state index in [1.807, 2.05) is 36.5 Å². The van der Waals surface area contributed by atoms with Crippen molar-refractivity contribution in [1.82, 2.24) is 14.6 Å². The molecule has 144 valence electrons. The molecule has 1 unspecified atom stereocenters. The lowest BCUT2D eigenvalue weighted by Gasteiger charge is -2.15. The Hall–Kier alpha value is -3.61. The summed E-state index contributed by atoms with van der Waals surface area (Å²) in [7, 11) is 1.91. The predicted octanol–water partition coefficient (Wildman–Crippen LogP) is 3.83. The zero-order valence-electron chi connectivity index (χ0n) is 15.5. The van der Waals surface area contributed by atoms with Gasteiger partial charge in [-0.3, -0.25) is 19.4 Å². The molecular formula is C22H16F2N4O. The van der Waals surface area contributed by atoms with Crippen LogP contribution in [0.4, 0.5) is 8.78 Å². The van der Waals surface area contributed by atoms with Crippen molar-refractivity contribution in [2.24, 2.45) is 5.10 Å². The number of fused-ring (bicyclic) bond motifs is 3. The Bertz CT molecular complexity index is 1360. The van der Waals surface area contributed by atoms with E-state index < -0.39 is 11.6 Å². The number of hydrogen-bond donors (Lipinski definition) is 0. The summed E-state index contributed by atoms with van der Waals surface area (Å²) in [6, 6.07) is 12.4. The maximum atomic E-state index is 13.9. The topological polar surface area (TPSA) is 50.5 Å². The van der Waals surface area contributed by atoms with E-state index in [0.29, 0.717) is 11.0 Å². The third kappa shape index (κ3) is 2.86. The Morgan fingerprint density at radius 3 is 2.66 bits per heavy atom. The molecule has 0 spiro atoms. The maximum Gasteiger partial charge on any atom is 0.255 e. The van der Waals surface area contributed by atoms with Gasteiger partial charge in [-0.1, -0.05) is 6.07 Å². The molecule has 29 heavy (non-hydrogen) atoms. The van der Waals surface area contributed by atoms with E-state index in [1.165, 1.54) is 16.7 Å². The molecule has 0 aliphatic carbocycles. The minimum Gasteiger partial charge on any atom is -0.299 e. The van der Waals surface area contributed by atoms with E-state index in [-0.39, 0.29) is 17.2 Å². The van der Waals surface area contributed by atoms with Crippen LogP contribution in [0.3, 0.4) is 0 Å². The highest BCUT2D eigenvalue weighted by Crippen LogP contribution is 2.29. The normalized spacial score (nSPS) is 16.2. The van der Waals surface area contributed by atoms with Crippen molar-refractivity contribution in [3.63, 3.8) is 0 Å². The summed E-state index contributed by atoms with van der Waals surface area (Å²) in [5.41, 5.74) is 2.31. The van der Waals surface area contributed by atoms with Crippen LogP contribution in [0.5, 0.6) is 0 Å². The van der Waals surface area contributed by atoms with Crippen LogP contribution in [0, 0.1) is 11.6 Å². The molecule has 7 heteroatoms. The number of rotatable bonds is 2. The summed E-state index contributed by atoms with van der Waals surface area (Å²) < 4.78 is 28.7. The average Bonchev–Trinajstić information content (AvgIpc) is 3.16. The summed E-state index contributed by atoms with van der Waals surface area (Å²) in [6.07, 6.45) is 3.57. The fourth-order valence-corrected chi connectivity index (χ4v) is 3.80. The number of aromatic nitrogens is 2. The first kappa shape index (κ1) is 17.5. The van der Waals surface area contributed by atoms with E-state index in [1.54, 1.807) is 12.3 Å². The minimum atomic E-state index is -1.00. The van der Waals surface area contributed by atoms with Crippen molar-refractivity contribution in [3.8, 4) is 5.69 Å². The monoisotopic (exact) mass is 390 g/mol. The fraction of sp³-hybridized carbons (Fsp3) is 0.136. The molecule has 0 bridgehead atoms. The van der Waals surface area contributed by atoms with Crippen LogP contribution < -0.4 is 5.56 Å². The van der Waals surface area contributed by atoms with Gasteiger partial charge in [0.15, 0.2) is 11.6 Å². The largest absolute Gasteiger partial charge is 0.299 e. The van der Waals surface area contributed by atoms with Crippen LogP contribution in [-0.4, -0.2) is 34.4 Å². The Labute approximate surface area is 164 Å². The lowest BCUT2D eigenvalue weighted by atomic mass is 9.98. The van der Waals surface area contributed by atoms with Crippen molar-refractivity contribution >= 4 is 28.0 Å². The predicted molar refractivity (Wildman–Crippen MR) is 109 cm³/mol. The van der Waals surface area contributed by atoms with Crippen molar-refractivity contribution in [1.29, 1.82) is 0 Å². The van der Waals surface area contributed by atoms with E-state index in [4.69, 9.17) is 0 Å². The molecule has 0 radical (unpaired) electrons. The second kappa shape index (κ2) is 6.48. The Morgan fingerprint density at radius 1 is 1.03 bits per heavy atom. The molecule has 0 saturated heterocycles. The highest BCUT2D eigenvalue weighted by molar-refractivity contribution is 6.04. The van der Waals surface area contributed by atoms with Gasteiger partial charge in [-0.05, 0) is 35.9 Å². The van der Waals surface area contributed by atoms with Crippen LogP contribution in [-0.2, 0) is 0 Å². The highest BCUT2D eigenvalue weighted by Gasteiger charge is 2.18. The molecule has 1 aliphatic heterocycles. The maximum absolute atomic E-state index is 13.9. The zero-order chi connectivity index (χ0) is 20.1. The van der Waals surface area contributed by atoms with Gasteiger partial charge in [-0.2, -0.15) is 5.10 Å². The van der Waals surface area contributed by atoms with Gasteiger partial charge in [0.25, 0.3) is 5.56 Å². The van der Waals surface area contributed by atoms with Gasteiger partial charge < -0.3 is 0 Å². The van der Waals surface area contributed by atoms with E-state index in [9.17, 15) is 13.6 Å². The van der Waals surface area contributed by atoms with E-state index in [2.05, 4.69) is 10.1 Å². The Kier molecular flexibility index (Phi) is 3.91. The first-order valence-electron chi connectivity index (χ1n) is 9.16. The summed E-state index contributed by atoms with van der Waals surface area (Å²) in [6.45, 7) is 0.764. The minimum absolute atomic E-state index is 0.131. The van der Waals surface area contributed by atoms with E-state index in [0.717, 1.165) is 35.0 Å². The molecule has 3 heterocycles. The van der Waals surface area contributed by atoms with Gasteiger partial charge in [0.05, 0.1) is 16.7 Å². The van der Waals surface area contributed by atoms with E-state index >= 15 is 0 Å². The van der Waals surface area contributed by atoms with Crippen molar-refractivity contribution in [2.45, 2.75) is 5.92 Å². The standard InChI is InChI=1S/C22H16F2N4O/c1-27-12-15(11-26-27)13-2-6-20-17(8-13)22-14(10-25-20)3-7-21(29)28(22)16-4-5-18(23)19(24)9-16/h2-11,15H,12H2,1H3. The molecule has 5 rings (SSSR count). The molecule has 0 fully saturated rings. The summed E-state index contributed by atoms with van der Waals surface area (Å²) in [5, 5.41) is 7.66. The Morgan fingerprint density at radius 2 is 1.90 bits per heavy atom. The van der Waals surface area contributed by atoms with Crippen molar-refractivity contribution in [2.75, 3.05) is 13.6 Å². The smallest absolute Gasteiger partial charge is 0.255 e. The molecule has 2 aromatic heterocycles.